The molecule has 42 heavy (non-hydrogen) atoms. The van der Waals surface area contributed by atoms with Gasteiger partial charge in [0.25, 0.3) is 0 Å². The van der Waals surface area contributed by atoms with Crippen LogP contribution in [0.25, 0.3) is 0 Å². The first-order valence-corrected chi connectivity index (χ1v) is 16.5. The molecule has 1 N–H and O–H groups in total. The third kappa shape index (κ3) is 8.48. The second kappa shape index (κ2) is 14.6. The molecule has 1 heterocycles. The number of nitrogens with zero attached hydrogens (tertiary/aromatic N) is 2. The van der Waals surface area contributed by atoms with E-state index in [2.05, 4.69) is 21.2 Å². The van der Waals surface area contributed by atoms with Gasteiger partial charge in [0.1, 0.15) is 25.8 Å². The van der Waals surface area contributed by atoms with E-state index in [9.17, 15) is 18.0 Å². The normalized spacial score (nSPS) is 13.2. The zero-order valence-corrected chi connectivity index (χ0v) is 26.2. The van der Waals surface area contributed by atoms with E-state index in [0.29, 0.717) is 31.3 Å². The van der Waals surface area contributed by atoms with Gasteiger partial charge < -0.3 is 19.7 Å². The number of benzene rings is 3. The van der Waals surface area contributed by atoms with Crippen molar-refractivity contribution >= 4 is 43.5 Å². The number of carbonyl (C=O) groups is 2. The van der Waals surface area contributed by atoms with Crippen molar-refractivity contribution in [1.82, 2.24) is 10.2 Å². The summed E-state index contributed by atoms with van der Waals surface area (Å²) in [6.45, 7) is 2.85. The average molecular weight is 659 g/mol. The highest BCUT2D eigenvalue weighted by Crippen LogP contribution is 2.35. The monoisotopic (exact) mass is 657 g/mol. The van der Waals surface area contributed by atoms with Crippen LogP contribution in [0.5, 0.6) is 11.5 Å². The van der Waals surface area contributed by atoms with Gasteiger partial charge in [-0.25, -0.2) is 8.42 Å². The predicted molar refractivity (Wildman–Crippen MR) is 166 cm³/mol. The molecule has 9 nitrogen and oxygen atoms in total. The molecule has 0 fully saturated rings. The Morgan fingerprint density at radius 3 is 2.36 bits per heavy atom. The number of nitrogens with one attached hydrogen (secondary N) is 1. The molecule has 0 bridgehead atoms. The maximum atomic E-state index is 14.2. The number of rotatable bonds is 13. The lowest BCUT2D eigenvalue weighted by atomic mass is 10.0. The molecule has 0 aliphatic carbocycles. The predicted octanol–water partition coefficient (Wildman–Crippen LogP) is 4.54. The Morgan fingerprint density at radius 2 is 1.67 bits per heavy atom. The lowest BCUT2D eigenvalue weighted by Crippen LogP contribution is -2.53. The molecule has 1 aliphatic rings. The molecule has 0 saturated heterocycles. The highest BCUT2D eigenvalue weighted by molar-refractivity contribution is 9.10. The summed E-state index contributed by atoms with van der Waals surface area (Å²) in [4.78, 5) is 29.3. The highest BCUT2D eigenvalue weighted by Gasteiger charge is 2.33. The number of hydrogen-bond acceptors (Lipinski definition) is 6. The molecule has 1 aliphatic heterocycles. The fraction of sp³-hybridized carbons (Fsp3) is 0.355. The van der Waals surface area contributed by atoms with Gasteiger partial charge >= 0.3 is 0 Å². The van der Waals surface area contributed by atoms with Crippen LogP contribution < -0.4 is 19.1 Å². The van der Waals surface area contributed by atoms with Crippen LogP contribution in [0.15, 0.2) is 77.3 Å². The molecule has 3 aromatic carbocycles. The minimum absolute atomic E-state index is 0.107. The van der Waals surface area contributed by atoms with Gasteiger partial charge in [-0.2, -0.15) is 0 Å². The first-order chi connectivity index (χ1) is 20.2. The van der Waals surface area contributed by atoms with E-state index in [1.807, 2.05) is 61.5 Å². The van der Waals surface area contributed by atoms with Crippen LogP contribution in [0, 0.1) is 0 Å². The summed E-state index contributed by atoms with van der Waals surface area (Å²) in [5.74, 6) is 0.110. The zero-order chi connectivity index (χ0) is 30.1. The fourth-order valence-corrected chi connectivity index (χ4v) is 5.98. The molecule has 0 spiro atoms. The van der Waals surface area contributed by atoms with Crippen molar-refractivity contribution in [2.24, 2.45) is 0 Å². The summed E-state index contributed by atoms with van der Waals surface area (Å²) in [6, 6.07) is 20.8. The maximum absolute atomic E-state index is 14.2. The van der Waals surface area contributed by atoms with E-state index in [4.69, 9.17) is 9.47 Å². The van der Waals surface area contributed by atoms with E-state index in [1.54, 1.807) is 18.2 Å². The molecule has 0 saturated carbocycles. The smallest absolute Gasteiger partial charge is 0.244 e. The van der Waals surface area contributed by atoms with Crippen molar-refractivity contribution in [3.8, 4) is 11.5 Å². The number of hydrogen-bond donors (Lipinski definition) is 1. The zero-order valence-electron chi connectivity index (χ0n) is 23.8. The summed E-state index contributed by atoms with van der Waals surface area (Å²) in [7, 11) is -3.89. The van der Waals surface area contributed by atoms with Crippen molar-refractivity contribution in [3.63, 3.8) is 0 Å². The van der Waals surface area contributed by atoms with Crippen molar-refractivity contribution < 1.29 is 27.5 Å². The van der Waals surface area contributed by atoms with Crippen molar-refractivity contribution in [2.75, 3.05) is 36.9 Å². The van der Waals surface area contributed by atoms with Crippen LogP contribution in [0.2, 0.25) is 0 Å². The largest absolute Gasteiger partial charge is 0.486 e. The molecule has 3 aromatic rings. The average Bonchev–Trinajstić information content (AvgIpc) is 2.97. The molecular formula is C31H36BrN3O6S. The van der Waals surface area contributed by atoms with Gasteiger partial charge in [-0.1, -0.05) is 71.7 Å². The quantitative estimate of drug-likeness (QED) is 0.271. The summed E-state index contributed by atoms with van der Waals surface area (Å²) in [6.07, 6.45) is 3.02. The van der Waals surface area contributed by atoms with Crippen LogP contribution in [-0.2, 0) is 32.6 Å². The van der Waals surface area contributed by atoms with Crippen molar-refractivity contribution in [1.29, 1.82) is 0 Å². The highest BCUT2D eigenvalue weighted by atomic mass is 79.9. The first-order valence-electron chi connectivity index (χ1n) is 13.9. The SMILES string of the molecule is CCCCNC(=O)[C@@H](Cc1ccccc1)N(Cc1cccc(Br)c1)C(=O)CN(c1ccc2c(c1)OCCO2)S(C)(=O)=O. The van der Waals surface area contributed by atoms with Crippen molar-refractivity contribution in [3.05, 3.63) is 88.4 Å². The Balaban J connectivity index is 1.71. The topological polar surface area (TPSA) is 105 Å². The summed E-state index contributed by atoms with van der Waals surface area (Å²) < 4.78 is 39.2. The standard InChI is InChI=1S/C31H36BrN3O6S/c1-3-4-15-33-31(37)27(19-23-9-6-5-7-10-23)34(21-24-11-8-12-25(32)18-24)30(36)22-35(42(2,38)39)26-13-14-28-29(20-26)41-17-16-40-28/h5-14,18,20,27H,3-4,15-17,19,21-22H2,1-2H3,(H,33,37)/t27-/m1/s1. The first kappa shape index (κ1) is 31.4. The van der Waals surface area contributed by atoms with Gasteiger partial charge in [0.15, 0.2) is 11.5 Å². The summed E-state index contributed by atoms with van der Waals surface area (Å²) in [5.41, 5.74) is 1.94. The van der Waals surface area contributed by atoms with Gasteiger partial charge in [0.2, 0.25) is 21.8 Å². The van der Waals surface area contributed by atoms with Crippen LogP contribution in [-0.4, -0.2) is 63.7 Å². The third-order valence-electron chi connectivity index (χ3n) is 6.84. The lowest BCUT2D eigenvalue weighted by molar-refractivity contribution is -0.140. The molecular weight excluding hydrogens is 622 g/mol. The Kier molecular flexibility index (Phi) is 10.9. The molecule has 224 valence electrons. The number of carbonyl (C=O) groups excluding carboxylic acids is 2. The molecule has 2 amide bonds. The van der Waals surface area contributed by atoms with Crippen LogP contribution in [0.1, 0.15) is 30.9 Å². The Bertz CT molecular complexity index is 1480. The molecule has 1 atom stereocenters. The van der Waals surface area contributed by atoms with Crippen LogP contribution in [0.3, 0.4) is 0 Å². The Morgan fingerprint density at radius 1 is 0.952 bits per heavy atom. The van der Waals surface area contributed by atoms with E-state index in [-0.39, 0.29) is 24.6 Å². The van der Waals surface area contributed by atoms with Crippen LogP contribution >= 0.6 is 15.9 Å². The number of fused-ring (bicyclic) bond motifs is 1. The minimum atomic E-state index is -3.89. The fourth-order valence-electron chi connectivity index (χ4n) is 4.69. The molecule has 0 aromatic heterocycles. The third-order valence-corrected chi connectivity index (χ3v) is 8.47. The van der Waals surface area contributed by atoms with Gasteiger partial charge in [-0.3, -0.25) is 13.9 Å². The van der Waals surface area contributed by atoms with Gasteiger partial charge in [0, 0.05) is 30.0 Å². The van der Waals surface area contributed by atoms with E-state index in [1.165, 1.54) is 4.90 Å². The van der Waals surface area contributed by atoms with Crippen molar-refractivity contribution in [2.45, 2.75) is 38.8 Å². The number of sulfonamides is 1. The maximum Gasteiger partial charge on any atom is 0.244 e. The van der Waals surface area contributed by atoms with Gasteiger partial charge in [0.05, 0.1) is 11.9 Å². The summed E-state index contributed by atoms with van der Waals surface area (Å²) >= 11 is 3.49. The number of anilines is 1. The van der Waals surface area contributed by atoms with E-state index < -0.39 is 28.5 Å². The molecule has 0 unspecified atom stereocenters. The van der Waals surface area contributed by atoms with E-state index >= 15 is 0 Å². The molecule has 0 radical (unpaired) electrons. The molecule has 4 rings (SSSR count). The molecule has 11 heteroatoms. The number of amides is 2. The summed E-state index contributed by atoms with van der Waals surface area (Å²) in [5, 5.41) is 2.98. The lowest BCUT2D eigenvalue weighted by Gasteiger charge is -2.33. The van der Waals surface area contributed by atoms with Gasteiger partial charge in [-0.05, 0) is 41.8 Å². The Hall–Kier alpha value is -3.57. The Labute approximate surface area is 256 Å². The number of halogens is 1. The minimum Gasteiger partial charge on any atom is -0.486 e. The van der Waals surface area contributed by atoms with E-state index in [0.717, 1.165) is 39.0 Å². The second-order valence-electron chi connectivity index (χ2n) is 10.1. The number of ether oxygens (including phenoxy) is 2. The van der Waals surface area contributed by atoms with Crippen LogP contribution in [0.4, 0.5) is 5.69 Å². The number of unbranched alkanes of at least 4 members (excludes halogenated alkanes) is 1. The van der Waals surface area contributed by atoms with Gasteiger partial charge in [-0.15, -0.1) is 0 Å². The second-order valence-corrected chi connectivity index (χ2v) is 12.9.